The lowest BCUT2D eigenvalue weighted by atomic mass is 10.2. The number of ether oxygens (including phenoxy) is 2. The molecule has 0 saturated carbocycles. The average molecular weight is 350 g/mol. The summed E-state index contributed by atoms with van der Waals surface area (Å²) in [6, 6.07) is 4.48. The Kier molecular flexibility index (Phi) is 5.12. The molecule has 122 valence electrons. The number of rotatable bonds is 5. The monoisotopic (exact) mass is 349 g/mol. The molecule has 0 amide bonds. The van der Waals surface area contributed by atoms with Crippen LogP contribution in [0.3, 0.4) is 0 Å². The van der Waals surface area contributed by atoms with Crippen molar-refractivity contribution >= 4 is 33.3 Å². The Morgan fingerprint density at radius 3 is 2.73 bits per heavy atom. The molecule has 0 aliphatic carbocycles. The van der Waals surface area contributed by atoms with Gasteiger partial charge in [-0.25, -0.2) is 13.8 Å². The van der Waals surface area contributed by atoms with E-state index in [2.05, 4.69) is 20.3 Å². The maximum atomic E-state index is 12.4. The molecule has 1 heterocycles. The van der Waals surface area contributed by atoms with E-state index < -0.39 is 27.3 Å². The van der Waals surface area contributed by atoms with Gasteiger partial charge in [0, 0.05) is 6.54 Å². The summed E-state index contributed by atoms with van der Waals surface area (Å²) in [4.78, 5) is 11.6. The number of carbonyl (C=O) groups excluding carboxylic acids is 1. The lowest BCUT2D eigenvalue weighted by molar-refractivity contribution is -0.144. The average Bonchev–Trinajstić information content (AvgIpc) is 2.96. The first-order valence-electron chi connectivity index (χ1n) is 6.30. The van der Waals surface area contributed by atoms with Crippen molar-refractivity contribution in [1.29, 1.82) is 0 Å². The molecule has 10 heteroatoms. The predicted molar refractivity (Wildman–Crippen MR) is 81.0 cm³/mol. The van der Waals surface area contributed by atoms with Crippen molar-refractivity contribution < 1.29 is 22.7 Å². The van der Waals surface area contributed by atoms with Gasteiger partial charge >= 0.3 is 5.97 Å². The van der Waals surface area contributed by atoms with Gasteiger partial charge in [-0.1, -0.05) is 11.6 Å². The van der Waals surface area contributed by atoms with Gasteiger partial charge in [-0.15, -0.1) is 0 Å². The van der Waals surface area contributed by atoms with Gasteiger partial charge in [0.05, 0.1) is 24.9 Å². The number of hydrazine groups is 1. The highest BCUT2D eigenvalue weighted by atomic mass is 35.5. The Bertz CT molecular complexity index is 667. The van der Waals surface area contributed by atoms with E-state index in [1.54, 1.807) is 0 Å². The van der Waals surface area contributed by atoms with Crippen molar-refractivity contribution in [3.8, 4) is 5.75 Å². The molecule has 1 saturated heterocycles. The third-order valence-corrected chi connectivity index (χ3v) is 5.11. The zero-order chi connectivity index (χ0) is 16.3. The van der Waals surface area contributed by atoms with E-state index >= 15 is 0 Å². The van der Waals surface area contributed by atoms with Crippen LogP contribution in [0.4, 0.5) is 5.69 Å². The molecule has 2 unspecified atom stereocenters. The molecule has 0 spiro atoms. The van der Waals surface area contributed by atoms with Crippen LogP contribution in [0, 0.1) is 5.92 Å². The molecule has 0 radical (unpaired) electrons. The van der Waals surface area contributed by atoms with Crippen LogP contribution in [0.25, 0.3) is 0 Å². The fourth-order valence-electron chi connectivity index (χ4n) is 2.09. The SMILES string of the molecule is COC(=O)C1CNNC1S(=O)(=O)Nc1ccc(OC)c(Cl)c1. The van der Waals surface area contributed by atoms with Crippen LogP contribution in [-0.2, 0) is 19.6 Å². The number of sulfonamides is 1. The minimum atomic E-state index is -3.88. The highest BCUT2D eigenvalue weighted by molar-refractivity contribution is 7.93. The number of hydrogen-bond acceptors (Lipinski definition) is 7. The molecule has 1 aliphatic rings. The van der Waals surface area contributed by atoms with Gasteiger partial charge in [0.25, 0.3) is 10.0 Å². The Labute approximate surface area is 133 Å². The van der Waals surface area contributed by atoms with Gasteiger partial charge in [-0.2, -0.15) is 0 Å². The van der Waals surface area contributed by atoms with Gasteiger partial charge in [0.2, 0.25) is 0 Å². The summed E-state index contributed by atoms with van der Waals surface area (Å²) in [7, 11) is -1.21. The molecule has 22 heavy (non-hydrogen) atoms. The second-order valence-electron chi connectivity index (χ2n) is 4.57. The van der Waals surface area contributed by atoms with Crippen molar-refractivity contribution in [3.05, 3.63) is 23.2 Å². The van der Waals surface area contributed by atoms with Crippen molar-refractivity contribution in [2.75, 3.05) is 25.5 Å². The smallest absolute Gasteiger partial charge is 0.312 e. The van der Waals surface area contributed by atoms with E-state index in [1.165, 1.54) is 32.4 Å². The normalized spacial score (nSPS) is 21.4. The first kappa shape index (κ1) is 16.8. The number of benzene rings is 1. The standard InChI is InChI=1S/C12H16ClN3O5S/c1-20-10-4-3-7(5-9(10)13)16-22(18,19)11-8(6-14-15-11)12(17)21-2/h3-5,8,11,14-16H,6H2,1-2H3. The Morgan fingerprint density at radius 1 is 1.41 bits per heavy atom. The summed E-state index contributed by atoms with van der Waals surface area (Å²) in [6.07, 6.45) is 0. The van der Waals surface area contributed by atoms with Crippen LogP contribution in [0.15, 0.2) is 18.2 Å². The van der Waals surface area contributed by atoms with Crippen LogP contribution in [0.5, 0.6) is 5.75 Å². The number of nitrogens with one attached hydrogen (secondary N) is 3. The molecule has 1 aromatic carbocycles. The summed E-state index contributed by atoms with van der Waals surface area (Å²) in [6.45, 7) is 0.154. The molecular weight excluding hydrogens is 334 g/mol. The van der Waals surface area contributed by atoms with Crippen molar-refractivity contribution in [2.45, 2.75) is 5.37 Å². The Morgan fingerprint density at radius 2 is 2.14 bits per heavy atom. The highest BCUT2D eigenvalue weighted by Gasteiger charge is 2.42. The van der Waals surface area contributed by atoms with Crippen LogP contribution in [0.1, 0.15) is 0 Å². The fourth-order valence-corrected chi connectivity index (χ4v) is 3.81. The molecule has 1 fully saturated rings. The highest BCUT2D eigenvalue weighted by Crippen LogP contribution is 2.28. The number of esters is 1. The summed E-state index contributed by atoms with van der Waals surface area (Å²) < 4.78 is 36.8. The lowest BCUT2D eigenvalue weighted by Gasteiger charge is -2.18. The van der Waals surface area contributed by atoms with Crippen molar-refractivity contribution in [3.63, 3.8) is 0 Å². The number of anilines is 1. The second-order valence-corrected chi connectivity index (χ2v) is 6.78. The van der Waals surface area contributed by atoms with E-state index in [4.69, 9.17) is 16.3 Å². The maximum Gasteiger partial charge on any atom is 0.312 e. The second kappa shape index (κ2) is 6.69. The molecule has 2 atom stereocenters. The van der Waals surface area contributed by atoms with Crippen LogP contribution < -0.4 is 20.3 Å². The summed E-state index contributed by atoms with van der Waals surface area (Å²) in [5, 5.41) is -0.884. The molecular formula is C12H16ClN3O5S. The van der Waals surface area contributed by atoms with Gasteiger partial charge in [-0.05, 0) is 18.2 Å². The summed E-state index contributed by atoms with van der Waals surface area (Å²) in [5.74, 6) is -1.03. The van der Waals surface area contributed by atoms with E-state index in [0.717, 1.165) is 0 Å². The zero-order valence-electron chi connectivity index (χ0n) is 11.9. The predicted octanol–water partition coefficient (Wildman–Crippen LogP) is 0.313. The van der Waals surface area contributed by atoms with E-state index in [1.807, 2.05) is 0 Å². The van der Waals surface area contributed by atoms with Crippen LogP contribution in [0.2, 0.25) is 5.02 Å². The molecule has 3 N–H and O–H groups in total. The van der Waals surface area contributed by atoms with Gasteiger partial charge in [-0.3, -0.25) is 14.9 Å². The molecule has 0 bridgehead atoms. The molecule has 1 aromatic rings. The van der Waals surface area contributed by atoms with Crippen LogP contribution >= 0.6 is 11.6 Å². The van der Waals surface area contributed by atoms with Gasteiger partial charge in [0.1, 0.15) is 11.7 Å². The maximum absolute atomic E-state index is 12.4. The Hall–Kier alpha value is -1.55. The van der Waals surface area contributed by atoms with Crippen molar-refractivity contribution in [1.82, 2.24) is 10.9 Å². The quantitative estimate of drug-likeness (QED) is 0.657. The fraction of sp³-hybridized carbons (Fsp3) is 0.417. The minimum Gasteiger partial charge on any atom is -0.495 e. The summed E-state index contributed by atoms with van der Waals surface area (Å²) in [5.41, 5.74) is 5.47. The van der Waals surface area contributed by atoms with Crippen LogP contribution in [-0.4, -0.2) is 40.5 Å². The summed E-state index contributed by atoms with van der Waals surface area (Å²) >= 11 is 5.96. The molecule has 0 aromatic heterocycles. The Balaban J connectivity index is 2.20. The molecule has 2 rings (SSSR count). The number of carbonyl (C=O) groups is 1. The zero-order valence-corrected chi connectivity index (χ0v) is 13.5. The van der Waals surface area contributed by atoms with E-state index in [-0.39, 0.29) is 17.3 Å². The lowest BCUT2D eigenvalue weighted by Crippen LogP contribution is -2.44. The van der Waals surface area contributed by atoms with Crippen molar-refractivity contribution in [2.24, 2.45) is 5.92 Å². The number of hydrogen-bond donors (Lipinski definition) is 3. The van der Waals surface area contributed by atoms with Gasteiger partial charge in [0.15, 0.2) is 5.37 Å². The first-order chi connectivity index (χ1) is 10.4. The molecule has 8 nitrogen and oxygen atoms in total. The number of methoxy groups -OCH3 is 2. The third kappa shape index (κ3) is 3.43. The largest absolute Gasteiger partial charge is 0.495 e. The topological polar surface area (TPSA) is 106 Å². The minimum absolute atomic E-state index is 0.154. The van der Waals surface area contributed by atoms with E-state index in [9.17, 15) is 13.2 Å². The van der Waals surface area contributed by atoms with Gasteiger partial charge < -0.3 is 9.47 Å². The van der Waals surface area contributed by atoms with E-state index in [0.29, 0.717) is 5.75 Å². The first-order valence-corrected chi connectivity index (χ1v) is 8.23. The molecule has 1 aliphatic heterocycles. The number of halogens is 1. The third-order valence-electron chi connectivity index (χ3n) is 3.18.